The molecule has 1 amide bonds. The molecule has 2 rings (SSSR count). The first-order valence-corrected chi connectivity index (χ1v) is 6.29. The molecule has 1 aliphatic heterocycles. The first kappa shape index (κ1) is 13.1. The molecule has 0 N–H and O–H groups in total. The molecule has 0 aromatic carbocycles. The molecule has 0 unspecified atom stereocenters. The minimum atomic E-state index is -0.474. The van der Waals surface area contributed by atoms with Crippen LogP contribution < -0.4 is 0 Å². The van der Waals surface area contributed by atoms with E-state index in [0.717, 1.165) is 0 Å². The topological polar surface area (TPSA) is 68.5 Å². The van der Waals surface area contributed by atoms with Crippen molar-refractivity contribution < 1.29 is 14.1 Å². The van der Waals surface area contributed by atoms with Crippen molar-refractivity contribution in [2.24, 2.45) is 0 Å². The average Bonchev–Trinajstić information content (AvgIpc) is 2.60. The minimum absolute atomic E-state index is 0.0852. The van der Waals surface area contributed by atoms with E-state index in [-0.39, 0.29) is 17.9 Å². The molecule has 6 nitrogen and oxygen atoms in total. The monoisotopic (exact) mass is 273 g/mol. The highest BCUT2D eigenvalue weighted by Gasteiger charge is 2.37. The van der Waals surface area contributed by atoms with E-state index in [4.69, 9.17) is 20.9 Å². The Hall–Kier alpha value is -1.30. The summed E-state index contributed by atoms with van der Waals surface area (Å²) in [7, 11) is 0. The summed E-state index contributed by atoms with van der Waals surface area (Å²) in [5, 5.41) is 3.71. The van der Waals surface area contributed by atoms with Crippen LogP contribution in [0.4, 0.5) is 4.79 Å². The summed E-state index contributed by atoms with van der Waals surface area (Å²) in [6.45, 7) is 6.60. The number of alkyl halides is 1. The summed E-state index contributed by atoms with van der Waals surface area (Å²) in [5.41, 5.74) is -0.474. The van der Waals surface area contributed by atoms with Crippen LogP contribution in [0, 0.1) is 0 Å². The minimum Gasteiger partial charge on any atom is -0.444 e. The Morgan fingerprint density at radius 1 is 1.56 bits per heavy atom. The zero-order chi connectivity index (χ0) is 13.3. The zero-order valence-corrected chi connectivity index (χ0v) is 11.4. The average molecular weight is 274 g/mol. The summed E-state index contributed by atoms with van der Waals surface area (Å²) in [4.78, 5) is 17.4. The van der Waals surface area contributed by atoms with Gasteiger partial charge in [-0.15, -0.1) is 11.6 Å². The van der Waals surface area contributed by atoms with E-state index in [9.17, 15) is 4.79 Å². The van der Waals surface area contributed by atoms with Crippen LogP contribution in [-0.4, -0.2) is 39.8 Å². The molecule has 2 heterocycles. The third kappa shape index (κ3) is 2.93. The Morgan fingerprint density at radius 3 is 2.72 bits per heavy atom. The molecule has 1 aliphatic rings. The van der Waals surface area contributed by atoms with Crippen molar-refractivity contribution in [1.82, 2.24) is 15.0 Å². The van der Waals surface area contributed by atoms with Crippen molar-refractivity contribution in [3.63, 3.8) is 0 Å². The number of amides is 1. The number of aromatic nitrogens is 2. The van der Waals surface area contributed by atoms with Gasteiger partial charge in [0.25, 0.3) is 0 Å². The standard InChI is InChI=1S/C11H16ClN3O3/c1-11(2,3)17-10(16)15-5-7(6-15)9-13-8(4-12)14-18-9/h7H,4-6H2,1-3H3. The highest BCUT2D eigenvalue weighted by molar-refractivity contribution is 6.16. The van der Waals surface area contributed by atoms with Crippen LogP contribution in [0.5, 0.6) is 0 Å². The molecule has 1 aromatic rings. The molecule has 1 fully saturated rings. The second-order valence-electron chi connectivity index (χ2n) is 5.26. The number of ether oxygens (including phenoxy) is 1. The summed E-state index contributed by atoms with van der Waals surface area (Å²) in [6, 6.07) is 0. The second-order valence-corrected chi connectivity index (χ2v) is 5.53. The number of likely N-dealkylation sites (tertiary alicyclic amines) is 1. The predicted molar refractivity (Wildman–Crippen MR) is 64.4 cm³/mol. The molecule has 100 valence electrons. The highest BCUT2D eigenvalue weighted by atomic mass is 35.5. The third-order valence-electron chi connectivity index (χ3n) is 2.49. The first-order chi connectivity index (χ1) is 8.39. The Balaban J connectivity index is 1.85. The predicted octanol–water partition coefficient (Wildman–Crippen LogP) is 2.14. The molecule has 0 aliphatic carbocycles. The van der Waals surface area contributed by atoms with Gasteiger partial charge in [-0.05, 0) is 20.8 Å². The van der Waals surface area contributed by atoms with Gasteiger partial charge >= 0.3 is 6.09 Å². The molecule has 1 aromatic heterocycles. The van der Waals surface area contributed by atoms with Crippen LogP contribution in [0.2, 0.25) is 0 Å². The SMILES string of the molecule is CC(C)(C)OC(=O)N1CC(c2nc(CCl)no2)C1. The van der Waals surface area contributed by atoms with Gasteiger partial charge in [0.2, 0.25) is 5.89 Å². The largest absolute Gasteiger partial charge is 0.444 e. The van der Waals surface area contributed by atoms with Crippen molar-refractivity contribution >= 4 is 17.7 Å². The van der Waals surface area contributed by atoms with Gasteiger partial charge in [0, 0.05) is 13.1 Å². The number of carbonyl (C=O) groups excluding carboxylic acids is 1. The third-order valence-corrected chi connectivity index (χ3v) is 2.72. The molecule has 18 heavy (non-hydrogen) atoms. The molecule has 0 radical (unpaired) electrons. The molecule has 0 atom stereocenters. The maximum Gasteiger partial charge on any atom is 0.410 e. The van der Waals surface area contributed by atoms with Crippen molar-refractivity contribution in [3.8, 4) is 0 Å². The van der Waals surface area contributed by atoms with E-state index in [2.05, 4.69) is 10.1 Å². The van der Waals surface area contributed by atoms with Gasteiger partial charge in [-0.2, -0.15) is 4.98 Å². The number of hydrogen-bond acceptors (Lipinski definition) is 5. The van der Waals surface area contributed by atoms with Gasteiger partial charge in [-0.3, -0.25) is 0 Å². The van der Waals surface area contributed by atoms with Gasteiger partial charge in [0.1, 0.15) is 5.60 Å². The van der Waals surface area contributed by atoms with Gasteiger partial charge in [0.05, 0.1) is 11.8 Å². The fraction of sp³-hybridized carbons (Fsp3) is 0.727. The molecule has 0 saturated carbocycles. The molecular weight excluding hydrogens is 258 g/mol. The maximum absolute atomic E-state index is 11.7. The van der Waals surface area contributed by atoms with Crippen molar-refractivity contribution in [3.05, 3.63) is 11.7 Å². The van der Waals surface area contributed by atoms with Crippen LogP contribution >= 0.6 is 11.6 Å². The normalized spacial score (nSPS) is 16.6. The second kappa shape index (κ2) is 4.76. The number of rotatable bonds is 2. The Labute approximate surface area is 110 Å². The van der Waals surface area contributed by atoms with Crippen molar-refractivity contribution in [2.75, 3.05) is 13.1 Å². The summed E-state index contributed by atoms with van der Waals surface area (Å²) in [6.07, 6.45) is -0.309. The van der Waals surface area contributed by atoms with Gasteiger partial charge < -0.3 is 14.2 Å². The van der Waals surface area contributed by atoms with Gasteiger partial charge in [-0.1, -0.05) is 5.16 Å². The van der Waals surface area contributed by atoms with E-state index in [1.54, 1.807) is 4.90 Å². The lowest BCUT2D eigenvalue weighted by molar-refractivity contribution is 0.00558. The van der Waals surface area contributed by atoms with E-state index >= 15 is 0 Å². The highest BCUT2D eigenvalue weighted by Crippen LogP contribution is 2.27. The van der Waals surface area contributed by atoms with Crippen LogP contribution in [-0.2, 0) is 10.6 Å². The van der Waals surface area contributed by atoms with Crippen LogP contribution in [0.25, 0.3) is 0 Å². The van der Waals surface area contributed by atoms with E-state index in [1.807, 2.05) is 20.8 Å². The van der Waals surface area contributed by atoms with E-state index < -0.39 is 5.60 Å². The number of halogens is 1. The number of carbonyl (C=O) groups is 1. The van der Waals surface area contributed by atoms with E-state index in [1.165, 1.54) is 0 Å². The van der Waals surface area contributed by atoms with Crippen LogP contribution in [0.3, 0.4) is 0 Å². The summed E-state index contributed by atoms with van der Waals surface area (Å²) >= 11 is 5.59. The Morgan fingerprint density at radius 2 is 2.22 bits per heavy atom. The molecule has 0 bridgehead atoms. The fourth-order valence-electron chi connectivity index (χ4n) is 1.60. The van der Waals surface area contributed by atoms with E-state index in [0.29, 0.717) is 24.8 Å². The lowest BCUT2D eigenvalue weighted by atomic mass is 10.0. The molecule has 1 saturated heterocycles. The summed E-state index contributed by atoms with van der Waals surface area (Å²) < 4.78 is 10.3. The lowest BCUT2D eigenvalue weighted by Crippen LogP contribution is -2.50. The smallest absolute Gasteiger partial charge is 0.410 e. The van der Waals surface area contributed by atoms with Crippen LogP contribution in [0.1, 0.15) is 38.4 Å². The van der Waals surface area contributed by atoms with Crippen LogP contribution in [0.15, 0.2) is 4.52 Å². The first-order valence-electron chi connectivity index (χ1n) is 5.75. The van der Waals surface area contributed by atoms with Gasteiger partial charge in [0.15, 0.2) is 5.82 Å². The lowest BCUT2D eigenvalue weighted by Gasteiger charge is -2.37. The molecule has 0 spiro atoms. The van der Waals surface area contributed by atoms with Gasteiger partial charge in [-0.25, -0.2) is 4.79 Å². The Bertz CT molecular complexity index is 435. The van der Waals surface area contributed by atoms with Crippen molar-refractivity contribution in [2.45, 2.75) is 38.2 Å². The fourth-order valence-corrected chi connectivity index (χ4v) is 1.71. The Kier molecular flexibility index (Phi) is 3.47. The molecular formula is C11H16ClN3O3. The quantitative estimate of drug-likeness (QED) is 0.772. The molecule has 7 heteroatoms. The maximum atomic E-state index is 11.7. The zero-order valence-electron chi connectivity index (χ0n) is 10.6. The number of hydrogen-bond donors (Lipinski definition) is 0. The van der Waals surface area contributed by atoms with Crippen molar-refractivity contribution in [1.29, 1.82) is 0 Å². The summed E-state index contributed by atoms with van der Waals surface area (Å²) in [5.74, 6) is 1.32. The number of nitrogens with zero attached hydrogens (tertiary/aromatic N) is 3.